The highest BCUT2D eigenvalue weighted by atomic mass is 16.5. The molecule has 0 aliphatic carbocycles. The number of benzene rings is 4. The monoisotopic (exact) mass is 795 g/mol. The van der Waals surface area contributed by atoms with Crippen molar-refractivity contribution in [2.75, 3.05) is 40.4 Å². The number of carbonyl (C=O) groups is 1. The van der Waals surface area contributed by atoms with E-state index in [1.165, 1.54) is 0 Å². The van der Waals surface area contributed by atoms with E-state index in [1.54, 1.807) is 19.5 Å². The number of carboxylic acid groups (broad SMARTS) is 1. The van der Waals surface area contributed by atoms with Gasteiger partial charge in [-0.25, -0.2) is 14.8 Å². The van der Waals surface area contributed by atoms with E-state index >= 15 is 0 Å². The minimum atomic E-state index is -0.931. The summed E-state index contributed by atoms with van der Waals surface area (Å²) in [4.78, 5) is 24.5. The Bertz CT molecular complexity index is 2520. The fourth-order valence-electron chi connectivity index (χ4n) is 7.96. The van der Waals surface area contributed by atoms with Crippen LogP contribution in [-0.4, -0.2) is 80.7 Å². The lowest BCUT2D eigenvalue weighted by Crippen LogP contribution is -2.23. The molecule has 4 aromatic carbocycles. The molecule has 0 fully saturated rings. The molecule has 2 N–H and O–H groups in total. The number of aryl methyl sites for hydroxylation is 3. The van der Waals surface area contributed by atoms with E-state index in [0.717, 1.165) is 87.1 Å². The molecule has 306 valence electrons. The Morgan fingerprint density at radius 3 is 2.29 bits per heavy atom. The summed E-state index contributed by atoms with van der Waals surface area (Å²) >= 11 is 0. The predicted octanol–water partition coefficient (Wildman–Crippen LogP) is 8.40. The van der Waals surface area contributed by atoms with Crippen LogP contribution in [0, 0.1) is 0 Å². The Labute approximate surface area is 345 Å². The summed E-state index contributed by atoms with van der Waals surface area (Å²) in [5.74, 6) is 1.64. The van der Waals surface area contributed by atoms with Crippen LogP contribution in [0.2, 0.25) is 0 Å². The first-order valence-corrected chi connectivity index (χ1v) is 20.3. The number of aromatic carboxylic acids is 1. The normalized spacial score (nSPS) is 12.8. The van der Waals surface area contributed by atoms with Gasteiger partial charge in [0.2, 0.25) is 0 Å². The van der Waals surface area contributed by atoms with Crippen molar-refractivity contribution in [3.63, 3.8) is 0 Å². The zero-order chi connectivity index (χ0) is 41.3. The second-order valence-electron chi connectivity index (χ2n) is 14.6. The number of methoxy groups -OCH3 is 1. The maximum Gasteiger partial charge on any atom is 0.352 e. The van der Waals surface area contributed by atoms with Gasteiger partial charge in [-0.1, -0.05) is 80.6 Å². The number of para-hydroxylation sites is 2. The van der Waals surface area contributed by atoms with Crippen molar-refractivity contribution in [3.05, 3.63) is 120 Å². The van der Waals surface area contributed by atoms with Gasteiger partial charge in [0.15, 0.2) is 11.6 Å². The molecule has 0 unspecified atom stereocenters. The molecule has 59 heavy (non-hydrogen) atoms. The van der Waals surface area contributed by atoms with Crippen molar-refractivity contribution in [3.8, 4) is 39.8 Å². The molecule has 0 saturated heterocycles. The lowest BCUT2D eigenvalue weighted by Gasteiger charge is -2.21. The molecule has 0 bridgehead atoms. The summed E-state index contributed by atoms with van der Waals surface area (Å²) in [5, 5.41) is 22.0. The van der Waals surface area contributed by atoms with Gasteiger partial charge >= 0.3 is 5.97 Å². The zero-order valence-corrected chi connectivity index (χ0v) is 34.6. The molecule has 8 rings (SSSR count). The largest absolute Gasteiger partial charge is 0.496 e. The van der Waals surface area contributed by atoms with Gasteiger partial charge in [-0.3, -0.25) is 4.68 Å². The van der Waals surface area contributed by atoms with Crippen molar-refractivity contribution in [2.24, 2.45) is 7.05 Å². The Kier molecular flexibility index (Phi) is 13.2. The van der Waals surface area contributed by atoms with Crippen molar-refractivity contribution in [1.29, 1.82) is 0 Å². The van der Waals surface area contributed by atoms with Crippen molar-refractivity contribution in [2.45, 2.75) is 52.8 Å². The van der Waals surface area contributed by atoms with E-state index in [9.17, 15) is 9.90 Å². The SMILES string of the molecule is CCNCC.COc1ccccc1-c1ncc(OCc2nn(C)c3c2-c2cccc4c(CCCOc5cccc6ccccc56)c(C(=O)O)n(c24)CCCN(C)C3)cn1. The number of hydrogen-bond acceptors (Lipinski definition) is 9. The molecule has 12 nitrogen and oxygen atoms in total. The summed E-state index contributed by atoms with van der Waals surface area (Å²) in [7, 11) is 5.67. The van der Waals surface area contributed by atoms with Crippen LogP contribution in [0.1, 0.15) is 54.1 Å². The molecule has 0 saturated carbocycles. The number of ether oxygens (including phenoxy) is 3. The predicted molar refractivity (Wildman–Crippen MR) is 232 cm³/mol. The van der Waals surface area contributed by atoms with Crippen LogP contribution in [0.3, 0.4) is 0 Å². The zero-order valence-electron chi connectivity index (χ0n) is 34.6. The Morgan fingerprint density at radius 2 is 1.53 bits per heavy atom. The van der Waals surface area contributed by atoms with Gasteiger partial charge < -0.3 is 34.1 Å². The third-order valence-electron chi connectivity index (χ3n) is 10.7. The second-order valence-corrected chi connectivity index (χ2v) is 14.6. The molecule has 0 atom stereocenters. The molecule has 0 amide bonds. The van der Waals surface area contributed by atoms with Gasteiger partial charge in [0.05, 0.1) is 42.9 Å². The highest BCUT2D eigenvalue weighted by Crippen LogP contribution is 2.40. The number of aromatic nitrogens is 5. The lowest BCUT2D eigenvalue weighted by molar-refractivity contribution is 0.0683. The second kappa shape index (κ2) is 19.0. The van der Waals surface area contributed by atoms with E-state index < -0.39 is 5.97 Å². The quantitative estimate of drug-likeness (QED) is 0.110. The Balaban J connectivity index is 0.000000997. The van der Waals surface area contributed by atoms with Gasteiger partial charge in [0.25, 0.3) is 0 Å². The highest BCUT2D eigenvalue weighted by molar-refractivity contribution is 6.04. The molecule has 1 aliphatic heterocycles. The van der Waals surface area contributed by atoms with Crippen LogP contribution in [0.25, 0.3) is 44.2 Å². The first-order valence-electron chi connectivity index (χ1n) is 20.3. The fourth-order valence-corrected chi connectivity index (χ4v) is 7.96. The smallest absolute Gasteiger partial charge is 0.352 e. The summed E-state index contributed by atoms with van der Waals surface area (Å²) in [6.45, 7) is 9.06. The highest BCUT2D eigenvalue weighted by Gasteiger charge is 2.29. The van der Waals surface area contributed by atoms with E-state index in [2.05, 4.69) is 65.3 Å². The number of carboxylic acids is 1. The number of rotatable bonds is 13. The van der Waals surface area contributed by atoms with Crippen LogP contribution in [0.4, 0.5) is 0 Å². The minimum absolute atomic E-state index is 0.172. The fraction of sp³-hybridized carbons (Fsp3) is 0.319. The molecular formula is C47H53N7O5. The molecule has 0 spiro atoms. The van der Waals surface area contributed by atoms with Gasteiger partial charge in [-0.2, -0.15) is 5.10 Å². The van der Waals surface area contributed by atoms with Crippen LogP contribution in [0.5, 0.6) is 17.2 Å². The first-order chi connectivity index (χ1) is 28.8. The number of nitrogens with one attached hydrogen (secondary N) is 1. The average Bonchev–Trinajstić information content (AvgIpc) is 3.75. The van der Waals surface area contributed by atoms with E-state index in [0.29, 0.717) is 55.6 Å². The van der Waals surface area contributed by atoms with Crippen LogP contribution < -0.4 is 19.5 Å². The molecule has 4 heterocycles. The Hall–Kier alpha value is -6.24. The molecule has 12 heteroatoms. The molecule has 1 aliphatic rings. The topological polar surface area (TPSA) is 129 Å². The van der Waals surface area contributed by atoms with Crippen LogP contribution >= 0.6 is 0 Å². The van der Waals surface area contributed by atoms with E-state index in [4.69, 9.17) is 19.3 Å². The maximum atomic E-state index is 13.1. The summed E-state index contributed by atoms with van der Waals surface area (Å²) < 4.78 is 22.0. The Morgan fingerprint density at radius 1 is 0.831 bits per heavy atom. The third kappa shape index (κ3) is 8.94. The van der Waals surface area contributed by atoms with Gasteiger partial charge in [0.1, 0.15) is 29.5 Å². The molecule has 7 aromatic rings. The van der Waals surface area contributed by atoms with Crippen molar-refractivity contribution < 1.29 is 24.1 Å². The maximum absolute atomic E-state index is 13.1. The number of fused-ring (bicyclic) bond motifs is 3. The van der Waals surface area contributed by atoms with Crippen LogP contribution in [0.15, 0.2) is 97.3 Å². The van der Waals surface area contributed by atoms with E-state index in [-0.39, 0.29) is 6.61 Å². The number of nitrogens with zero attached hydrogens (tertiary/aromatic N) is 6. The lowest BCUT2D eigenvalue weighted by atomic mass is 9.97. The van der Waals surface area contributed by atoms with Crippen LogP contribution in [-0.2, 0) is 33.2 Å². The van der Waals surface area contributed by atoms with Crippen molar-refractivity contribution >= 4 is 27.6 Å². The third-order valence-corrected chi connectivity index (χ3v) is 10.7. The average molecular weight is 796 g/mol. The summed E-state index contributed by atoms with van der Waals surface area (Å²) in [6.07, 6.45) is 5.33. The van der Waals surface area contributed by atoms with Gasteiger partial charge in [0, 0.05) is 42.0 Å². The number of hydrogen-bond donors (Lipinski definition) is 2. The summed E-state index contributed by atoms with van der Waals surface area (Å²) in [5.41, 5.74) is 6.52. The minimum Gasteiger partial charge on any atom is -0.496 e. The van der Waals surface area contributed by atoms with Gasteiger partial charge in [-0.15, -0.1) is 0 Å². The molecular weight excluding hydrogens is 743 g/mol. The van der Waals surface area contributed by atoms with Gasteiger partial charge in [-0.05, 0) is 75.1 Å². The first kappa shape index (κ1) is 40.9. The molecule has 0 radical (unpaired) electrons. The van der Waals surface area contributed by atoms with Crippen molar-refractivity contribution in [1.82, 2.24) is 34.5 Å². The standard InChI is InChI=1S/C43H42N6O5.C4H11N/c1-47-21-11-22-49-40-31(32(41(49)43(50)51)18-10-23-53-38-20-8-13-28-12-4-5-14-30(28)38)16-9-17-34(40)39-35(46-48(2)36(39)26-47)27-54-29-24-44-42(45-25-29)33-15-6-7-19-37(33)52-3;1-3-5-4-2/h4-9,12-17,19-20,24-25H,10-11,18,21-23,26-27H2,1-3H3,(H,50,51);5H,3-4H2,1-2H3. The van der Waals surface area contributed by atoms with E-state index in [1.807, 2.05) is 77.0 Å². The summed E-state index contributed by atoms with van der Waals surface area (Å²) in [6, 6.07) is 28.0. The molecule has 3 aromatic heterocycles.